The van der Waals surface area contributed by atoms with Crippen LogP contribution >= 0.6 is 30.6 Å². The van der Waals surface area contributed by atoms with Gasteiger partial charge in [0.2, 0.25) is 0 Å². The highest BCUT2D eigenvalue weighted by Gasteiger charge is 2.13. The van der Waals surface area contributed by atoms with Crippen LogP contribution < -0.4 is 4.52 Å². The van der Waals surface area contributed by atoms with E-state index in [-0.39, 0.29) is 0 Å². The summed E-state index contributed by atoms with van der Waals surface area (Å²) in [5.41, 5.74) is 1.12. The van der Waals surface area contributed by atoms with Gasteiger partial charge in [0.25, 0.3) is 0 Å². The first-order valence-electron chi connectivity index (χ1n) is 5.32. The number of hydrogen-bond acceptors (Lipinski definition) is 3. The summed E-state index contributed by atoms with van der Waals surface area (Å²) in [6.45, 7) is 2.00. The number of benzene rings is 2. The molecule has 0 saturated heterocycles. The van der Waals surface area contributed by atoms with E-state index in [4.69, 9.17) is 16.1 Å². The fraction of sp³-hybridized carbons (Fsp3) is 0.0769. The summed E-state index contributed by atoms with van der Waals surface area (Å²) in [7, 11) is -1.63. The lowest BCUT2D eigenvalue weighted by atomic mass is 10.2. The number of rotatable bonds is 4. The van der Waals surface area contributed by atoms with Gasteiger partial charge in [0.1, 0.15) is 5.75 Å². The van der Waals surface area contributed by atoms with E-state index in [9.17, 15) is 4.89 Å². The second kappa shape index (κ2) is 6.44. The molecule has 2 nitrogen and oxygen atoms in total. The van der Waals surface area contributed by atoms with Crippen LogP contribution in [0.5, 0.6) is 5.75 Å². The smallest absolute Gasteiger partial charge is 0.301 e. The molecule has 0 radical (unpaired) electrons. The first-order chi connectivity index (χ1) is 8.66. The quantitative estimate of drug-likeness (QED) is 0.802. The summed E-state index contributed by atoms with van der Waals surface area (Å²) < 4.78 is 5.46. The molecule has 2 aromatic rings. The first-order valence-corrected chi connectivity index (χ1v) is 8.33. The van der Waals surface area contributed by atoms with Gasteiger partial charge >= 0.3 is 7.58 Å². The topological polar surface area (TPSA) is 29.5 Å². The molecule has 0 saturated carbocycles. The molecule has 0 amide bonds. The maximum Gasteiger partial charge on any atom is 0.301 e. The van der Waals surface area contributed by atoms with Crippen molar-refractivity contribution in [1.82, 2.24) is 0 Å². The van der Waals surface area contributed by atoms with Gasteiger partial charge in [0.05, 0.1) is 5.02 Å². The molecule has 0 fully saturated rings. The third kappa shape index (κ3) is 3.63. The van der Waals surface area contributed by atoms with Crippen LogP contribution in [0.1, 0.15) is 5.56 Å². The van der Waals surface area contributed by atoms with Crippen molar-refractivity contribution in [2.75, 3.05) is 0 Å². The van der Waals surface area contributed by atoms with Gasteiger partial charge in [-0.15, -0.1) is 0 Å². The summed E-state index contributed by atoms with van der Waals surface area (Å²) in [4.78, 5) is 11.0. The van der Waals surface area contributed by atoms with Crippen LogP contribution in [0.4, 0.5) is 0 Å². The average molecular weight is 299 g/mol. The van der Waals surface area contributed by atoms with Crippen LogP contribution in [-0.2, 0) is 0 Å². The molecule has 0 spiro atoms. The monoisotopic (exact) mass is 298 g/mol. The molecule has 0 heterocycles. The summed E-state index contributed by atoms with van der Waals surface area (Å²) in [6, 6.07) is 15.0. The lowest BCUT2D eigenvalue weighted by Crippen LogP contribution is -1.85. The van der Waals surface area contributed by atoms with Gasteiger partial charge in [-0.1, -0.05) is 41.9 Å². The molecule has 0 bridgehead atoms. The zero-order valence-electron chi connectivity index (χ0n) is 9.71. The predicted molar refractivity (Wildman–Crippen MR) is 78.3 cm³/mol. The Bertz CT molecular complexity index is 488. The predicted octanol–water partition coefficient (Wildman–Crippen LogP) is 5.04. The van der Waals surface area contributed by atoms with Crippen LogP contribution in [-0.4, -0.2) is 4.89 Å². The molecule has 0 aliphatic heterocycles. The normalized spacial score (nSPS) is 12.2. The van der Waals surface area contributed by atoms with Gasteiger partial charge in [0, 0.05) is 4.90 Å². The zero-order chi connectivity index (χ0) is 13.0. The number of halogens is 1. The van der Waals surface area contributed by atoms with Gasteiger partial charge in [-0.3, -0.25) is 0 Å². The molecule has 0 aliphatic rings. The minimum atomic E-state index is -1.63. The van der Waals surface area contributed by atoms with E-state index in [1.807, 2.05) is 43.3 Å². The van der Waals surface area contributed by atoms with Gasteiger partial charge in [-0.25, -0.2) is 0 Å². The molecule has 0 aromatic heterocycles. The van der Waals surface area contributed by atoms with Crippen LogP contribution in [0.25, 0.3) is 0 Å². The highest BCUT2D eigenvalue weighted by molar-refractivity contribution is 8.52. The molecule has 5 heteroatoms. The van der Waals surface area contributed by atoms with Gasteiger partial charge in [0.15, 0.2) is 0 Å². The first kappa shape index (κ1) is 13.7. The van der Waals surface area contributed by atoms with E-state index in [0.29, 0.717) is 10.8 Å². The summed E-state index contributed by atoms with van der Waals surface area (Å²) in [6.07, 6.45) is 0. The van der Waals surface area contributed by atoms with Gasteiger partial charge < -0.3 is 9.42 Å². The Hall–Kier alpha value is -0.730. The van der Waals surface area contributed by atoms with E-state index in [1.165, 1.54) is 11.4 Å². The van der Waals surface area contributed by atoms with E-state index in [0.717, 1.165) is 10.5 Å². The second-order valence-electron chi connectivity index (χ2n) is 3.62. The highest BCUT2D eigenvalue weighted by Crippen LogP contribution is 2.52. The summed E-state index contributed by atoms with van der Waals surface area (Å²) in [5.74, 6) is 0.508. The van der Waals surface area contributed by atoms with E-state index < -0.39 is 7.58 Å². The third-order valence-electron chi connectivity index (χ3n) is 2.28. The molecule has 1 unspecified atom stereocenters. The Morgan fingerprint density at radius 3 is 2.50 bits per heavy atom. The van der Waals surface area contributed by atoms with Crippen molar-refractivity contribution in [3.05, 3.63) is 59.1 Å². The molecule has 0 aliphatic carbocycles. The molecule has 2 rings (SSSR count). The molecule has 1 N–H and O–H groups in total. The van der Waals surface area contributed by atoms with E-state index in [2.05, 4.69) is 0 Å². The van der Waals surface area contributed by atoms with Crippen LogP contribution in [0, 0.1) is 6.92 Å². The number of aryl methyl sites for hydroxylation is 1. The van der Waals surface area contributed by atoms with Crippen LogP contribution in [0.2, 0.25) is 5.02 Å². The minimum Gasteiger partial charge on any atom is -0.438 e. The third-order valence-corrected chi connectivity index (χ3v) is 5.04. The van der Waals surface area contributed by atoms with E-state index in [1.54, 1.807) is 12.1 Å². The average Bonchev–Trinajstić information content (AvgIpc) is 2.35. The van der Waals surface area contributed by atoms with Crippen molar-refractivity contribution < 1.29 is 9.42 Å². The van der Waals surface area contributed by atoms with Crippen LogP contribution in [0.3, 0.4) is 0 Å². The summed E-state index contributed by atoms with van der Waals surface area (Å²) in [5, 5.41) is 0.504. The Labute approximate surface area is 117 Å². The molecule has 1 atom stereocenters. The van der Waals surface area contributed by atoms with Crippen molar-refractivity contribution in [3.63, 3.8) is 0 Å². The highest BCUT2D eigenvalue weighted by atomic mass is 35.5. The van der Waals surface area contributed by atoms with Crippen LogP contribution in [0.15, 0.2) is 53.4 Å². The Morgan fingerprint density at radius 1 is 1.11 bits per heavy atom. The van der Waals surface area contributed by atoms with Crippen molar-refractivity contribution in [1.29, 1.82) is 0 Å². The van der Waals surface area contributed by atoms with Gasteiger partial charge in [-0.2, -0.15) is 0 Å². The Kier molecular flexibility index (Phi) is 4.90. The number of hydrogen-bond donors (Lipinski definition) is 1. The van der Waals surface area contributed by atoms with E-state index >= 15 is 0 Å². The number of para-hydroxylation sites is 1. The van der Waals surface area contributed by atoms with Crippen molar-refractivity contribution in [2.45, 2.75) is 11.8 Å². The lowest BCUT2D eigenvalue weighted by Gasteiger charge is -2.13. The van der Waals surface area contributed by atoms with Gasteiger partial charge in [-0.05, 0) is 42.1 Å². The molecule has 94 valence electrons. The maximum absolute atomic E-state index is 9.95. The maximum atomic E-state index is 9.95. The zero-order valence-corrected chi connectivity index (χ0v) is 12.2. The molecule has 2 aromatic carbocycles. The van der Waals surface area contributed by atoms with Crippen molar-refractivity contribution >= 4 is 30.6 Å². The standard InChI is InChI=1S/C13H12ClO2PS/c1-10-6-2-5-9-13(10)18-17(15)16-12-8-4-3-7-11(12)14/h2-9,15H,1H3. The molecular formula is C13H12ClO2PS. The lowest BCUT2D eigenvalue weighted by molar-refractivity contribution is 0.508. The second-order valence-corrected chi connectivity index (χ2v) is 6.79. The van der Waals surface area contributed by atoms with Crippen molar-refractivity contribution in [3.8, 4) is 5.75 Å². The molecular weight excluding hydrogens is 287 g/mol. The largest absolute Gasteiger partial charge is 0.438 e. The fourth-order valence-electron chi connectivity index (χ4n) is 1.36. The minimum absolute atomic E-state index is 0.504. The Balaban J connectivity index is 2.04. The van der Waals surface area contributed by atoms with Crippen molar-refractivity contribution in [2.24, 2.45) is 0 Å². The Morgan fingerprint density at radius 2 is 1.78 bits per heavy atom. The fourth-order valence-corrected chi connectivity index (χ4v) is 3.95. The summed E-state index contributed by atoms with van der Waals surface area (Å²) >= 11 is 7.28. The molecule has 18 heavy (non-hydrogen) atoms. The SMILES string of the molecule is Cc1ccccc1SP(O)Oc1ccccc1Cl.